The maximum Gasteiger partial charge on any atom is 0.256 e. The zero-order valence-corrected chi connectivity index (χ0v) is 15.6. The molecule has 3 aromatic heterocycles. The second-order valence-corrected chi connectivity index (χ2v) is 6.53. The summed E-state index contributed by atoms with van der Waals surface area (Å²) in [6.07, 6.45) is 1.91. The SMILES string of the molecule is Cc1nn(C)cc1-c1cc(C(=O)Nc2c(C)noc2C)c2ccccc2n1. The van der Waals surface area contributed by atoms with E-state index in [2.05, 4.69) is 15.6 Å². The second kappa shape index (κ2) is 6.35. The van der Waals surface area contributed by atoms with Crippen LogP contribution in [-0.2, 0) is 7.05 Å². The van der Waals surface area contributed by atoms with E-state index in [1.54, 1.807) is 24.6 Å². The van der Waals surface area contributed by atoms with E-state index in [4.69, 9.17) is 9.51 Å². The Kier molecular flexibility index (Phi) is 3.99. The second-order valence-electron chi connectivity index (χ2n) is 6.53. The third-order valence-electron chi connectivity index (χ3n) is 4.52. The van der Waals surface area contributed by atoms with Crippen LogP contribution < -0.4 is 5.32 Å². The molecular weight excluding hydrogens is 342 g/mol. The van der Waals surface area contributed by atoms with E-state index in [-0.39, 0.29) is 5.91 Å². The summed E-state index contributed by atoms with van der Waals surface area (Å²) in [6.45, 7) is 5.49. The number of benzene rings is 1. The summed E-state index contributed by atoms with van der Waals surface area (Å²) in [7, 11) is 1.86. The molecular formula is C20H19N5O2. The molecule has 4 rings (SSSR count). The smallest absolute Gasteiger partial charge is 0.256 e. The minimum Gasteiger partial charge on any atom is -0.359 e. The minimum absolute atomic E-state index is 0.231. The molecule has 0 radical (unpaired) electrons. The lowest BCUT2D eigenvalue weighted by Gasteiger charge is -2.10. The molecule has 3 heterocycles. The molecule has 0 spiro atoms. The highest BCUT2D eigenvalue weighted by molar-refractivity contribution is 6.13. The van der Waals surface area contributed by atoms with Crippen LogP contribution in [0.15, 0.2) is 41.1 Å². The number of hydrogen-bond acceptors (Lipinski definition) is 5. The lowest BCUT2D eigenvalue weighted by Crippen LogP contribution is -2.14. The Balaban J connectivity index is 1.86. The first-order valence-corrected chi connectivity index (χ1v) is 8.58. The molecule has 1 N–H and O–H groups in total. The van der Waals surface area contributed by atoms with Crippen molar-refractivity contribution in [3.8, 4) is 11.3 Å². The zero-order chi connectivity index (χ0) is 19.1. The van der Waals surface area contributed by atoms with Gasteiger partial charge in [-0.3, -0.25) is 9.48 Å². The van der Waals surface area contributed by atoms with Crippen LogP contribution in [0, 0.1) is 20.8 Å². The first-order chi connectivity index (χ1) is 12.9. The number of pyridine rings is 1. The van der Waals surface area contributed by atoms with Gasteiger partial charge in [-0.25, -0.2) is 4.98 Å². The van der Waals surface area contributed by atoms with Crippen molar-refractivity contribution in [1.29, 1.82) is 0 Å². The fourth-order valence-corrected chi connectivity index (χ4v) is 3.19. The van der Waals surface area contributed by atoms with Crippen LogP contribution in [-0.4, -0.2) is 25.8 Å². The van der Waals surface area contributed by atoms with Crippen molar-refractivity contribution in [2.45, 2.75) is 20.8 Å². The zero-order valence-electron chi connectivity index (χ0n) is 15.6. The number of nitrogens with zero attached hydrogens (tertiary/aromatic N) is 4. The third-order valence-corrected chi connectivity index (χ3v) is 4.52. The number of nitrogens with one attached hydrogen (secondary N) is 1. The van der Waals surface area contributed by atoms with Crippen molar-refractivity contribution in [2.75, 3.05) is 5.32 Å². The molecule has 0 unspecified atom stereocenters. The molecule has 0 aliphatic rings. The van der Waals surface area contributed by atoms with Crippen molar-refractivity contribution >= 4 is 22.5 Å². The van der Waals surface area contributed by atoms with Gasteiger partial charge < -0.3 is 9.84 Å². The number of fused-ring (bicyclic) bond motifs is 1. The Labute approximate surface area is 156 Å². The summed E-state index contributed by atoms with van der Waals surface area (Å²) in [5.41, 5.74) is 5.00. The predicted molar refractivity (Wildman–Crippen MR) is 103 cm³/mol. The molecule has 1 aromatic carbocycles. The van der Waals surface area contributed by atoms with Crippen molar-refractivity contribution < 1.29 is 9.32 Å². The number of hydrogen-bond donors (Lipinski definition) is 1. The van der Waals surface area contributed by atoms with Crippen LogP contribution in [0.3, 0.4) is 0 Å². The fraction of sp³-hybridized carbons (Fsp3) is 0.200. The predicted octanol–water partition coefficient (Wildman–Crippen LogP) is 3.80. The van der Waals surface area contributed by atoms with E-state index in [9.17, 15) is 4.79 Å². The number of amides is 1. The summed E-state index contributed by atoms with van der Waals surface area (Å²) in [6, 6.07) is 9.40. The third kappa shape index (κ3) is 2.97. The molecule has 1 amide bonds. The van der Waals surface area contributed by atoms with Crippen LogP contribution in [0.2, 0.25) is 0 Å². The van der Waals surface area contributed by atoms with E-state index in [0.717, 1.165) is 22.2 Å². The molecule has 0 fully saturated rings. The first-order valence-electron chi connectivity index (χ1n) is 8.58. The number of aromatic nitrogens is 4. The van der Waals surface area contributed by atoms with Crippen LogP contribution in [0.4, 0.5) is 5.69 Å². The topological polar surface area (TPSA) is 85.8 Å². The largest absolute Gasteiger partial charge is 0.359 e. The maximum absolute atomic E-state index is 13.1. The Morgan fingerprint density at radius 3 is 2.59 bits per heavy atom. The highest BCUT2D eigenvalue weighted by Crippen LogP contribution is 2.28. The van der Waals surface area contributed by atoms with Gasteiger partial charge >= 0.3 is 0 Å². The lowest BCUT2D eigenvalue weighted by molar-refractivity contribution is 0.102. The van der Waals surface area contributed by atoms with Crippen LogP contribution in [0.25, 0.3) is 22.2 Å². The number of aryl methyl sites for hydroxylation is 4. The van der Waals surface area contributed by atoms with Crippen LogP contribution in [0.1, 0.15) is 27.5 Å². The van der Waals surface area contributed by atoms with Gasteiger partial charge in [-0.15, -0.1) is 0 Å². The summed E-state index contributed by atoms with van der Waals surface area (Å²) in [4.78, 5) is 17.8. The molecule has 7 nitrogen and oxygen atoms in total. The van der Waals surface area contributed by atoms with Gasteiger partial charge in [0.15, 0.2) is 5.76 Å². The van der Waals surface area contributed by atoms with E-state index in [1.165, 1.54) is 0 Å². The first kappa shape index (κ1) is 17.0. The highest BCUT2D eigenvalue weighted by atomic mass is 16.5. The standard InChI is InChI=1S/C20H19N5O2/c1-11-16(10-25(4)23-11)18-9-15(14-7-5-6-8-17(14)21-18)20(26)22-19-12(2)24-27-13(19)3/h5-10H,1-4H3,(H,22,26). The number of para-hydroxylation sites is 1. The number of carbonyl (C=O) groups is 1. The van der Waals surface area contributed by atoms with E-state index in [0.29, 0.717) is 28.4 Å². The van der Waals surface area contributed by atoms with Crippen molar-refractivity contribution in [3.63, 3.8) is 0 Å². The molecule has 0 bridgehead atoms. The molecule has 0 saturated heterocycles. The molecule has 136 valence electrons. The molecule has 7 heteroatoms. The van der Waals surface area contributed by atoms with Crippen molar-refractivity contribution in [3.05, 3.63) is 59.2 Å². The summed E-state index contributed by atoms with van der Waals surface area (Å²) >= 11 is 0. The Morgan fingerprint density at radius 2 is 1.93 bits per heavy atom. The number of rotatable bonds is 3. The van der Waals surface area contributed by atoms with E-state index in [1.807, 2.05) is 44.4 Å². The van der Waals surface area contributed by atoms with Gasteiger partial charge in [0.05, 0.1) is 22.5 Å². The number of carbonyl (C=O) groups excluding carboxylic acids is 1. The van der Waals surface area contributed by atoms with Gasteiger partial charge in [0.25, 0.3) is 5.91 Å². The summed E-state index contributed by atoms with van der Waals surface area (Å²) in [5, 5.41) is 12.0. The van der Waals surface area contributed by atoms with E-state index < -0.39 is 0 Å². The van der Waals surface area contributed by atoms with Crippen molar-refractivity contribution in [1.82, 2.24) is 19.9 Å². The average Bonchev–Trinajstić information content (AvgIpc) is 3.16. The van der Waals surface area contributed by atoms with Gasteiger partial charge in [-0.2, -0.15) is 5.10 Å². The van der Waals surface area contributed by atoms with Gasteiger partial charge in [-0.1, -0.05) is 23.4 Å². The quantitative estimate of drug-likeness (QED) is 0.600. The maximum atomic E-state index is 13.1. The highest BCUT2D eigenvalue weighted by Gasteiger charge is 2.19. The average molecular weight is 361 g/mol. The van der Waals surface area contributed by atoms with Gasteiger partial charge in [0.2, 0.25) is 0 Å². The van der Waals surface area contributed by atoms with Gasteiger partial charge in [0.1, 0.15) is 11.4 Å². The van der Waals surface area contributed by atoms with E-state index >= 15 is 0 Å². The molecule has 4 aromatic rings. The lowest BCUT2D eigenvalue weighted by atomic mass is 10.0. The molecule has 0 atom stereocenters. The Hall–Kier alpha value is -3.48. The minimum atomic E-state index is -0.231. The molecule has 27 heavy (non-hydrogen) atoms. The number of anilines is 1. The van der Waals surface area contributed by atoms with Crippen molar-refractivity contribution in [2.24, 2.45) is 7.05 Å². The fourth-order valence-electron chi connectivity index (χ4n) is 3.19. The summed E-state index contributed by atoms with van der Waals surface area (Å²) < 4.78 is 6.88. The van der Waals surface area contributed by atoms with Crippen LogP contribution in [0.5, 0.6) is 0 Å². The van der Waals surface area contributed by atoms with Gasteiger partial charge in [-0.05, 0) is 32.9 Å². The molecule has 0 saturated carbocycles. The Bertz CT molecular complexity index is 1150. The Morgan fingerprint density at radius 1 is 1.15 bits per heavy atom. The van der Waals surface area contributed by atoms with Crippen LogP contribution >= 0.6 is 0 Å². The molecule has 0 aliphatic heterocycles. The summed E-state index contributed by atoms with van der Waals surface area (Å²) in [5.74, 6) is 0.341. The normalized spacial score (nSPS) is 11.1. The molecule has 0 aliphatic carbocycles. The monoisotopic (exact) mass is 361 g/mol. The van der Waals surface area contributed by atoms with Gasteiger partial charge in [0, 0.05) is 24.2 Å².